The quantitative estimate of drug-likeness (QED) is 0.400. The van der Waals surface area contributed by atoms with Crippen LogP contribution in [0.25, 0.3) is 0 Å². The first-order valence-corrected chi connectivity index (χ1v) is 8.91. The van der Waals surface area contributed by atoms with E-state index in [1.54, 1.807) is 6.92 Å². The Kier molecular flexibility index (Phi) is 7.10. The van der Waals surface area contributed by atoms with E-state index in [0.717, 1.165) is 19.3 Å². The zero-order valence-corrected chi connectivity index (χ0v) is 15.6. The van der Waals surface area contributed by atoms with E-state index in [0.29, 0.717) is 23.2 Å². The summed E-state index contributed by atoms with van der Waals surface area (Å²) in [7, 11) is 0. The van der Waals surface area contributed by atoms with Gasteiger partial charge in [-0.05, 0) is 51.9 Å². The van der Waals surface area contributed by atoms with Crippen molar-refractivity contribution in [3.8, 4) is 0 Å². The Balaban J connectivity index is 2.44. The van der Waals surface area contributed by atoms with Gasteiger partial charge in [-0.2, -0.15) is 0 Å². The smallest absolute Gasteiger partial charge is 0.333 e. The second kappa shape index (κ2) is 8.14. The summed E-state index contributed by atoms with van der Waals surface area (Å²) >= 11 is 3.34. The van der Waals surface area contributed by atoms with Crippen molar-refractivity contribution < 1.29 is 19.1 Å². The molecule has 0 spiro atoms. The van der Waals surface area contributed by atoms with Gasteiger partial charge in [-0.1, -0.05) is 29.4 Å². The number of esters is 2. The van der Waals surface area contributed by atoms with E-state index in [1.165, 1.54) is 0 Å². The molecule has 0 aromatic rings. The highest BCUT2D eigenvalue weighted by atomic mass is 79.9. The molecule has 0 aromatic carbocycles. The van der Waals surface area contributed by atoms with Gasteiger partial charge in [0.25, 0.3) is 0 Å². The zero-order valence-electron chi connectivity index (χ0n) is 14.0. The molecule has 1 rings (SSSR count). The standard InChI is InChI=1S/C17H27BrO4/c1-11(2)16(20)21-14-7-6-13(8-12(14)3)9-15(19)22-17(4,5)10-18/h12-14H,1,6-10H2,2-5H3. The van der Waals surface area contributed by atoms with Crippen LogP contribution in [0.15, 0.2) is 12.2 Å². The van der Waals surface area contributed by atoms with E-state index in [4.69, 9.17) is 9.47 Å². The molecule has 0 aromatic heterocycles. The summed E-state index contributed by atoms with van der Waals surface area (Å²) in [6, 6.07) is 0. The lowest BCUT2D eigenvalue weighted by molar-refractivity contribution is -0.158. The Morgan fingerprint density at radius 3 is 2.45 bits per heavy atom. The molecule has 0 amide bonds. The molecule has 0 saturated heterocycles. The molecule has 1 aliphatic carbocycles. The molecule has 1 saturated carbocycles. The Morgan fingerprint density at radius 2 is 1.95 bits per heavy atom. The Hall–Kier alpha value is -0.840. The number of ether oxygens (including phenoxy) is 2. The number of hydrogen-bond acceptors (Lipinski definition) is 4. The molecule has 126 valence electrons. The molecule has 22 heavy (non-hydrogen) atoms. The lowest BCUT2D eigenvalue weighted by atomic mass is 9.79. The van der Waals surface area contributed by atoms with Gasteiger partial charge in [0.1, 0.15) is 11.7 Å². The topological polar surface area (TPSA) is 52.6 Å². The SMILES string of the molecule is C=C(C)C(=O)OC1CCC(CC(=O)OC(C)(C)CBr)CC1C. The van der Waals surface area contributed by atoms with Gasteiger partial charge in [0.15, 0.2) is 0 Å². The van der Waals surface area contributed by atoms with Crippen molar-refractivity contribution in [2.45, 2.75) is 65.1 Å². The van der Waals surface area contributed by atoms with Gasteiger partial charge in [-0.25, -0.2) is 4.79 Å². The number of halogens is 1. The van der Waals surface area contributed by atoms with Crippen molar-refractivity contribution in [3.05, 3.63) is 12.2 Å². The van der Waals surface area contributed by atoms with Crippen molar-refractivity contribution in [2.24, 2.45) is 11.8 Å². The second-order valence-corrected chi connectivity index (χ2v) is 7.51. The van der Waals surface area contributed by atoms with Crippen LogP contribution in [0.1, 0.15) is 53.4 Å². The highest BCUT2D eigenvalue weighted by Gasteiger charge is 2.32. The summed E-state index contributed by atoms with van der Waals surface area (Å²) in [5.74, 6) is 0.0697. The van der Waals surface area contributed by atoms with Gasteiger partial charge in [-0.15, -0.1) is 0 Å². The second-order valence-electron chi connectivity index (χ2n) is 6.95. The zero-order chi connectivity index (χ0) is 16.9. The third-order valence-electron chi connectivity index (χ3n) is 3.97. The third-order valence-corrected chi connectivity index (χ3v) is 5.32. The average molecular weight is 375 g/mol. The maximum Gasteiger partial charge on any atom is 0.333 e. The fraction of sp³-hybridized carbons (Fsp3) is 0.765. The van der Waals surface area contributed by atoms with Crippen molar-refractivity contribution >= 4 is 27.9 Å². The number of rotatable bonds is 6. The molecule has 0 radical (unpaired) electrons. The Labute approximate surface area is 141 Å². The largest absolute Gasteiger partial charge is 0.459 e. The fourth-order valence-corrected chi connectivity index (χ4v) is 2.81. The van der Waals surface area contributed by atoms with Crippen LogP contribution in [0.3, 0.4) is 0 Å². The maximum absolute atomic E-state index is 12.0. The number of carbonyl (C=O) groups is 2. The van der Waals surface area contributed by atoms with Gasteiger partial charge in [0, 0.05) is 17.3 Å². The molecule has 1 fully saturated rings. The molecular weight excluding hydrogens is 348 g/mol. The monoisotopic (exact) mass is 374 g/mol. The van der Waals surface area contributed by atoms with Gasteiger partial charge < -0.3 is 9.47 Å². The first-order chi connectivity index (χ1) is 10.1. The Morgan fingerprint density at radius 1 is 1.32 bits per heavy atom. The van der Waals surface area contributed by atoms with Crippen LogP contribution in [0, 0.1) is 11.8 Å². The predicted octanol–water partition coefficient (Wildman–Crippen LogP) is 4.02. The van der Waals surface area contributed by atoms with Crippen LogP contribution in [0.5, 0.6) is 0 Å². The molecule has 3 atom stereocenters. The van der Waals surface area contributed by atoms with Crippen molar-refractivity contribution in [3.63, 3.8) is 0 Å². The van der Waals surface area contributed by atoms with Gasteiger partial charge in [0.2, 0.25) is 0 Å². The molecular formula is C17H27BrO4. The maximum atomic E-state index is 12.0. The highest BCUT2D eigenvalue weighted by Crippen LogP contribution is 2.33. The number of alkyl halides is 1. The normalized spacial score (nSPS) is 25.4. The summed E-state index contributed by atoms with van der Waals surface area (Å²) in [4.78, 5) is 23.6. The molecule has 0 heterocycles. The minimum atomic E-state index is -0.475. The summed E-state index contributed by atoms with van der Waals surface area (Å²) in [5.41, 5.74) is -0.0494. The summed E-state index contributed by atoms with van der Waals surface area (Å²) < 4.78 is 10.9. The molecule has 3 unspecified atom stereocenters. The van der Waals surface area contributed by atoms with E-state index in [9.17, 15) is 9.59 Å². The highest BCUT2D eigenvalue weighted by molar-refractivity contribution is 9.09. The minimum absolute atomic E-state index is 0.0737. The fourth-order valence-electron chi connectivity index (χ4n) is 2.69. The molecule has 4 nitrogen and oxygen atoms in total. The van der Waals surface area contributed by atoms with Gasteiger partial charge >= 0.3 is 11.9 Å². The van der Waals surface area contributed by atoms with E-state index in [1.807, 2.05) is 13.8 Å². The summed E-state index contributed by atoms with van der Waals surface area (Å²) in [6.07, 6.45) is 2.90. The lowest BCUT2D eigenvalue weighted by Gasteiger charge is -2.34. The molecule has 0 bridgehead atoms. The third kappa shape index (κ3) is 6.11. The minimum Gasteiger partial charge on any atom is -0.459 e. The van der Waals surface area contributed by atoms with E-state index < -0.39 is 5.60 Å². The molecule has 0 N–H and O–H groups in total. The van der Waals surface area contributed by atoms with Crippen molar-refractivity contribution in [1.29, 1.82) is 0 Å². The first kappa shape index (κ1) is 19.2. The van der Waals surface area contributed by atoms with Crippen LogP contribution < -0.4 is 0 Å². The number of hydrogen-bond donors (Lipinski definition) is 0. The van der Waals surface area contributed by atoms with Crippen LogP contribution >= 0.6 is 15.9 Å². The van der Waals surface area contributed by atoms with Crippen LogP contribution in [-0.2, 0) is 19.1 Å². The summed E-state index contributed by atoms with van der Waals surface area (Å²) in [5, 5.41) is 0.617. The average Bonchev–Trinajstić information content (AvgIpc) is 2.40. The molecule has 5 heteroatoms. The lowest BCUT2D eigenvalue weighted by Crippen LogP contribution is -2.34. The molecule has 1 aliphatic rings. The summed E-state index contributed by atoms with van der Waals surface area (Å²) in [6.45, 7) is 11.1. The number of carbonyl (C=O) groups excluding carboxylic acids is 2. The van der Waals surface area contributed by atoms with Crippen molar-refractivity contribution in [2.75, 3.05) is 5.33 Å². The van der Waals surface area contributed by atoms with Gasteiger partial charge in [-0.3, -0.25) is 4.79 Å². The Bertz CT molecular complexity index is 430. The van der Waals surface area contributed by atoms with Crippen molar-refractivity contribution in [1.82, 2.24) is 0 Å². The van der Waals surface area contributed by atoms with Crippen LogP contribution in [0.4, 0.5) is 0 Å². The predicted molar refractivity (Wildman–Crippen MR) is 89.8 cm³/mol. The van der Waals surface area contributed by atoms with E-state index in [2.05, 4.69) is 29.4 Å². The van der Waals surface area contributed by atoms with E-state index >= 15 is 0 Å². The van der Waals surface area contributed by atoms with Crippen LogP contribution in [0.2, 0.25) is 0 Å². The van der Waals surface area contributed by atoms with E-state index in [-0.39, 0.29) is 24.0 Å². The van der Waals surface area contributed by atoms with Gasteiger partial charge in [0.05, 0.1) is 0 Å². The first-order valence-electron chi connectivity index (χ1n) is 7.79. The van der Waals surface area contributed by atoms with Crippen LogP contribution in [-0.4, -0.2) is 29.0 Å². The molecule has 0 aliphatic heterocycles.